The average molecular weight is 232 g/mol. The Morgan fingerprint density at radius 2 is 2.47 bits per heavy atom. The molecular formula is C13H16N2O2. The lowest BCUT2D eigenvalue weighted by atomic mass is 10.1. The van der Waals surface area contributed by atoms with Crippen LogP contribution in [0.4, 0.5) is 0 Å². The van der Waals surface area contributed by atoms with Crippen molar-refractivity contribution in [3.05, 3.63) is 36.5 Å². The molecule has 1 aromatic rings. The zero-order valence-electron chi connectivity index (χ0n) is 9.93. The summed E-state index contributed by atoms with van der Waals surface area (Å²) >= 11 is 0. The summed E-state index contributed by atoms with van der Waals surface area (Å²) in [7, 11) is 1.59. The predicted molar refractivity (Wildman–Crippen MR) is 64.7 cm³/mol. The second kappa shape index (κ2) is 4.99. The number of methoxy groups -OCH3 is 1. The first-order valence-electron chi connectivity index (χ1n) is 5.69. The van der Waals surface area contributed by atoms with Gasteiger partial charge in [-0.2, -0.15) is 0 Å². The van der Waals surface area contributed by atoms with E-state index < -0.39 is 0 Å². The minimum Gasteiger partial charge on any atom is -0.481 e. The maximum atomic E-state index is 11.7. The summed E-state index contributed by atoms with van der Waals surface area (Å²) in [5, 5.41) is 0. The van der Waals surface area contributed by atoms with Crippen LogP contribution in [-0.4, -0.2) is 29.4 Å². The summed E-state index contributed by atoms with van der Waals surface area (Å²) < 4.78 is 5.02. The molecule has 1 aliphatic heterocycles. The predicted octanol–water partition coefficient (Wildman–Crippen LogP) is 1.94. The number of aromatic nitrogens is 1. The van der Waals surface area contributed by atoms with E-state index in [2.05, 4.69) is 11.6 Å². The lowest BCUT2D eigenvalue weighted by molar-refractivity contribution is -0.126. The highest BCUT2D eigenvalue weighted by atomic mass is 16.5. The smallest absolute Gasteiger partial charge is 0.246 e. The van der Waals surface area contributed by atoms with Gasteiger partial charge in [0.2, 0.25) is 11.8 Å². The summed E-state index contributed by atoms with van der Waals surface area (Å²) in [4.78, 5) is 17.7. The minimum atomic E-state index is -0.0108. The average Bonchev–Trinajstić information content (AvgIpc) is 2.87. The number of carbonyl (C=O) groups is 1. The van der Waals surface area contributed by atoms with Crippen molar-refractivity contribution < 1.29 is 9.53 Å². The van der Waals surface area contributed by atoms with Crippen LogP contribution in [0.25, 0.3) is 0 Å². The third-order valence-corrected chi connectivity index (χ3v) is 3.06. The molecule has 1 aliphatic rings. The van der Waals surface area contributed by atoms with Crippen LogP contribution < -0.4 is 4.74 Å². The van der Waals surface area contributed by atoms with Crippen molar-refractivity contribution in [3.63, 3.8) is 0 Å². The second-order valence-corrected chi connectivity index (χ2v) is 4.03. The van der Waals surface area contributed by atoms with Crippen LogP contribution in [0.2, 0.25) is 0 Å². The molecule has 1 saturated heterocycles. The molecule has 4 nitrogen and oxygen atoms in total. The molecule has 0 radical (unpaired) electrons. The number of hydrogen-bond acceptors (Lipinski definition) is 3. The zero-order valence-corrected chi connectivity index (χ0v) is 9.93. The fraction of sp³-hybridized carbons (Fsp3) is 0.385. The molecule has 1 atom stereocenters. The molecule has 0 N–H and O–H groups in total. The maximum Gasteiger partial charge on any atom is 0.246 e. The molecule has 90 valence electrons. The van der Waals surface area contributed by atoms with Crippen LogP contribution in [0.3, 0.4) is 0 Å². The number of hydrogen-bond donors (Lipinski definition) is 0. The van der Waals surface area contributed by atoms with Gasteiger partial charge in [0.05, 0.1) is 13.2 Å². The first-order chi connectivity index (χ1) is 8.26. The van der Waals surface area contributed by atoms with Gasteiger partial charge < -0.3 is 9.64 Å². The highest BCUT2D eigenvalue weighted by Gasteiger charge is 2.28. The Balaban J connectivity index is 2.19. The Morgan fingerprint density at radius 3 is 3.06 bits per heavy atom. The number of pyridine rings is 1. The molecule has 2 heterocycles. The number of ether oxygens (including phenoxy) is 1. The van der Waals surface area contributed by atoms with Crippen molar-refractivity contribution in [2.24, 2.45) is 0 Å². The van der Waals surface area contributed by atoms with E-state index in [1.54, 1.807) is 13.3 Å². The van der Waals surface area contributed by atoms with Crippen LogP contribution >= 0.6 is 0 Å². The van der Waals surface area contributed by atoms with Crippen molar-refractivity contribution in [2.45, 2.75) is 18.9 Å². The topological polar surface area (TPSA) is 42.4 Å². The normalized spacial score (nSPS) is 19.1. The first kappa shape index (κ1) is 11.6. The van der Waals surface area contributed by atoms with Gasteiger partial charge in [-0.3, -0.25) is 4.79 Å². The van der Waals surface area contributed by atoms with E-state index in [4.69, 9.17) is 4.74 Å². The SMILES string of the molecule is C=CC(=O)N1CCCC1c1ccc(OC)nc1. The second-order valence-electron chi connectivity index (χ2n) is 4.03. The van der Waals surface area contributed by atoms with Crippen LogP contribution in [0, 0.1) is 0 Å². The van der Waals surface area contributed by atoms with Gasteiger partial charge in [-0.25, -0.2) is 4.98 Å². The number of nitrogens with zero attached hydrogens (tertiary/aromatic N) is 2. The summed E-state index contributed by atoms with van der Waals surface area (Å²) in [6.45, 7) is 4.33. The molecule has 1 aromatic heterocycles. The Bertz CT molecular complexity index is 414. The van der Waals surface area contributed by atoms with E-state index in [0.717, 1.165) is 24.9 Å². The molecule has 0 saturated carbocycles. The van der Waals surface area contributed by atoms with E-state index in [0.29, 0.717) is 5.88 Å². The van der Waals surface area contributed by atoms with Crippen LogP contribution in [0.5, 0.6) is 5.88 Å². The molecule has 1 fully saturated rings. The zero-order chi connectivity index (χ0) is 12.3. The molecule has 0 spiro atoms. The van der Waals surface area contributed by atoms with Crippen molar-refractivity contribution in [1.29, 1.82) is 0 Å². The van der Waals surface area contributed by atoms with Crippen molar-refractivity contribution in [1.82, 2.24) is 9.88 Å². The van der Waals surface area contributed by atoms with Crippen LogP contribution in [0.15, 0.2) is 31.0 Å². The van der Waals surface area contributed by atoms with Gasteiger partial charge in [0.25, 0.3) is 0 Å². The monoisotopic (exact) mass is 232 g/mol. The summed E-state index contributed by atoms with van der Waals surface area (Å²) in [6.07, 6.45) is 5.15. The Labute approximate surface area is 101 Å². The van der Waals surface area contributed by atoms with Crippen LogP contribution in [0.1, 0.15) is 24.4 Å². The molecule has 17 heavy (non-hydrogen) atoms. The molecule has 1 amide bonds. The van der Waals surface area contributed by atoms with Crippen molar-refractivity contribution in [3.8, 4) is 5.88 Å². The highest BCUT2D eigenvalue weighted by molar-refractivity contribution is 5.87. The van der Waals surface area contributed by atoms with E-state index in [1.807, 2.05) is 17.0 Å². The summed E-state index contributed by atoms with van der Waals surface area (Å²) in [5.74, 6) is 0.580. The fourth-order valence-corrected chi connectivity index (χ4v) is 2.20. The number of amides is 1. The molecular weight excluding hydrogens is 216 g/mol. The van der Waals surface area contributed by atoms with Crippen molar-refractivity contribution in [2.75, 3.05) is 13.7 Å². The van der Waals surface area contributed by atoms with Gasteiger partial charge in [-0.05, 0) is 24.5 Å². The number of carbonyl (C=O) groups excluding carboxylic acids is 1. The lowest BCUT2D eigenvalue weighted by Crippen LogP contribution is -2.28. The number of likely N-dealkylation sites (tertiary alicyclic amines) is 1. The van der Waals surface area contributed by atoms with Gasteiger partial charge in [0.1, 0.15) is 0 Å². The molecule has 4 heteroatoms. The Kier molecular flexibility index (Phi) is 3.42. The molecule has 0 aromatic carbocycles. The van der Waals surface area contributed by atoms with Crippen molar-refractivity contribution >= 4 is 5.91 Å². The molecule has 0 bridgehead atoms. The largest absolute Gasteiger partial charge is 0.481 e. The summed E-state index contributed by atoms with van der Waals surface area (Å²) in [5.41, 5.74) is 1.05. The quantitative estimate of drug-likeness (QED) is 0.748. The standard InChI is InChI=1S/C13H16N2O2/c1-3-13(16)15-8-4-5-11(15)10-6-7-12(17-2)14-9-10/h3,6-7,9,11H,1,4-5,8H2,2H3. The highest BCUT2D eigenvalue weighted by Crippen LogP contribution is 2.32. The summed E-state index contributed by atoms with van der Waals surface area (Å²) in [6, 6.07) is 3.91. The fourth-order valence-electron chi connectivity index (χ4n) is 2.20. The molecule has 0 aliphatic carbocycles. The lowest BCUT2D eigenvalue weighted by Gasteiger charge is -2.23. The van der Waals surface area contributed by atoms with E-state index in [9.17, 15) is 4.79 Å². The molecule has 1 unspecified atom stereocenters. The van der Waals surface area contributed by atoms with Gasteiger partial charge in [-0.1, -0.05) is 12.6 Å². The van der Waals surface area contributed by atoms with E-state index in [-0.39, 0.29) is 11.9 Å². The van der Waals surface area contributed by atoms with Gasteiger partial charge in [0.15, 0.2) is 0 Å². The minimum absolute atomic E-state index is 0.0108. The van der Waals surface area contributed by atoms with Gasteiger partial charge >= 0.3 is 0 Å². The van der Waals surface area contributed by atoms with Gasteiger partial charge in [-0.15, -0.1) is 0 Å². The molecule has 2 rings (SSSR count). The maximum absolute atomic E-state index is 11.7. The third-order valence-electron chi connectivity index (χ3n) is 3.06. The van der Waals surface area contributed by atoms with E-state index >= 15 is 0 Å². The first-order valence-corrected chi connectivity index (χ1v) is 5.69. The van der Waals surface area contributed by atoms with Crippen LogP contribution in [-0.2, 0) is 4.79 Å². The number of rotatable bonds is 3. The third kappa shape index (κ3) is 2.30. The van der Waals surface area contributed by atoms with E-state index in [1.165, 1.54) is 6.08 Å². The van der Waals surface area contributed by atoms with Gasteiger partial charge in [0, 0.05) is 18.8 Å². The Hall–Kier alpha value is -1.84. The Morgan fingerprint density at radius 1 is 1.65 bits per heavy atom.